The number of hydrogen-bond donors (Lipinski definition) is 1. The van der Waals surface area contributed by atoms with Gasteiger partial charge in [-0.25, -0.2) is 4.99 Å². The number of nitrogens with zero attached hydrogens (tertiary/aromatic N) is 2. The second kappa shape index (κ2) is 8.57. The van der Waals surface area contributed by atoms with Gasteiger partial charge >= 0.3 is 0 Å². The van der Waals surface area contributed by atoms with Gasteiger partial charge in [0.1, 0.15) is 11.5 Å². The van der Waals surface area contributed by atoms with E-state index in [4.69, 9.17) is 10.8 Å². The van der Waals surface area contributed by atoms with E-state index in [1.165, 1.54) is 17.8 Å². The average Bonchev–Trinajstić information content (AvgIpc) is 3.36. The molecule has 0 spiro atoms. The second-order valence-electron chi connectivity index (χ2n) is 7.09. The molecule has 32 heavy (non-hydrogen) atoms. The molecule has 8 heteroatoms. The van der Waals surface area contributed by atoms with E-state index in [1.807, 2.05) is 13.8 Å². The van der Waals surface area contributed by atoms with Gasteiger partial charge in [0.2, 0.25) is 0 Å². The SMILES string of the molecule is C#Cc1cccc(N=C2NC(=O)/C(=C/c3ccc(-c4cc(C)c(C)cc4[N+](=O)[O-])o3)S2)c1. The Labute approximate surface area is 188 Å². The first-order valence-corrected chi connectivity index (χ1v) is 10.4. The minimum Gasteiger partial charge on any atom is -0.456 e. The van der Waals surface area contributed by atoms with E-state index < -0.39 is 4.92 Å². The van der Waals surface area contributed by atoms with E-state index in [2.05, 4.69) is 16.2 Å². The zero-order chi connectivity index (χ0) is 22.8. The van der Waals surface area contributed by atoms with Crippen LogP contribution in [0.25, 0.3) is 17.4 Å². The summed E-state index contributed by atoms with van der Waals surface area (Å²) < 4.78 is 5.81. The number of aliphatic imine (C=N–C) groups is 1. The molecule has 0 radical (unpaired) electrons. The standard InChI is InChI=1S/C24H17N3O4S/c1-4-16-6-5-7-17(12-16)25-24-26-23(28)22(32-24)13-18-8-9-21(31-18)19-10-14(2)15(3)11-20(19)27(29)30/h1,5-13H,2-3H3,(H,25,26,28)/b22-13-. The van der Waals surface area contributed by atoms with Crippen molar-refractivity contribution in [1.29, 1.82) is 0 Å². The highest BCUT2D eigenvalue weighted by atomic mass is 32.2. The molecule has 2 aromatic carbocycles. The fourth-order valence-corrected chi connectivity index (χ4v) is 3.94. The highest BCUT2D eigenvalue weighted by Crippen LogP contribution is 2.35. The lowest BCUT2D eigenvalue weighted by Gasteiger charge is -2.04. The number of nitrogens with one attached hydrogen (secondary N) is 1. The number of amidine groups is 1. The summed E-state index contributed by atoms with van der Waals surface area (Å²) in [6.45, 7) is 3.70. The topological polar surface area (TPSA) is 97.7 Å². The number of carbonyl (C=O) groups excluding carboxylic acids is 1. The van der Waals surface area contributed by atoms with Gasteiger partial charge in [-0.1, -0.05) is 12.0 Å². The van der Waals surface area contributed by atoms with Crippen LogP contribution in [0.5, 0.6) is 0 Å². The van der Waals surface area contributed by atoms with Crippen LogP contribution in [0.2, 0.25) is 0 Å². The summed E-state index contributed by atoms with van der Waals surface area (Å²) in [6, 6.07) is 13.7. The van der Waals surface area contributed by atoms with Crippen LogP contribution in [-0.4, -0.2) is 16.0 Å². The Morgan fingerprint density at radius 2 is 1.97 bits per heavy atom. The Bertz CT molecular complexity index is 1360. The van der Waals surface area contributed by atoms with Crippen molar-refractivity contribution in [3.05, 3.63) is 86.0 Å². The third-order valence-corrected chi connectivity index (χ3v) is 5.78. The average molecular weight is 443 g/mol. The summed E-state index contributed by atoms with van der Waals surface area (Å²) in [7, 11) is 0. The van der Waals surface area contributed by atoms with Crippen molar-refractivity contribution in [3.63, 3.8) is 0 Å². The Hall–Kier alpha value is -4.09. The van der Waals surface area contributed by atoms with Crippen LogP contribution in [0, 0.1) is 36.3 Å². The summed E-state index contributed by atoms with van der Waals surface area (Å²) in [5, 5.41) is 14.6. The lowest BCUT2D eigenvalue weighted by Crippen LogP contribution is -2.19. The number of carbonyl (C=O) groups is 1. The summed E-state index contributed by atoms with van der Waals surface area (Å²) in [4.78, 5) is 28.2. The van der Waals surface area contributed by atoms with Gasteiger partial charge in [-0.2, -0.15) is 0 Å². The van der Waals surface area contributed by atoms with Crippen molar-refractivity contribution >= 4 is 40.3 Å². The number of thioether (sulfide) groups is 1. The quantitative estimate of drug-likeness (QED) is 0.254. The highest BCUT2D eigenvalue weighted by molar-refractivity contribution is 8.18. The van der Waals surface area contributed by atoms with Gasteiger partial charge in [0.05, 0.1) is 21.1 Å². The minimum absolute atomic E-state index is 0.0294. The molecule has 0 aliphatic carbocycles. The molecule has 1 aromatic heterocycles. The van der Waals surface area contributed by atoms with Gasteiger partial charge in [-0.3, -0.25) is 14.9 Å². The van der Waals surface area contributed by atoms with Crippen LogP contribution in [0.1, 0.15) is 22.5 Å². The molecular weight excluding hydrogens is 426 g/mol. The van der Waals surface area contributed by atoms with E-state index in [-0.39, 0.29) is 11.6 Å². The molecule has 1 saturated heterocycles. The third kappa shape index (κ3) is 4.33. The van der Waals surface area contributed by atoms with Crippen molar-refractivity contribution < 1.29 is 14.1 Å². The van der Waals surface area contributed by atoms with E-state index in [0.717, 1.165) is 11.1 Å². The summed E-state index contributed by atoms with van der Waals surface area (Å²) in [6.07, 6.45) is 6.99. The molecular formula is C24H17N3O4S. The molecule has 3 aromatic rings. The second-order valence-corrected chi connectivity index (χ2v) is 8.12. The van der Waals surface area contributed by atoms with Crippen LogP contribution in [0.3, 0.4) is 0 Å². The lowest BCUT2D eigenvalue weighted by atomic mass is 10.0. The van der Waals surface area contributed by atoms with Crippen molar-refractivity contribution in [2.24, 2.45) is 4.99 Å². The van der Waals surface area contributed by atoms with E-state index in [9.17, 15) is 14.9 Å². The normalized spacial score (nSPS) is 15.7. The molecule has 1 fully saturated rings. The van der Waals surface area contributed by atoms with Gasteiger partial charge in [0.15, 0.2) is 5.17 Å². The Morgan fingerprint density at radius 1 is 1.19 bits per heavy atom. The number of furan rings is 1. The molecule has 1 aliphatic heterocycles. The molecule has 0 atom stereocenters. The first-order valence-electron chi connectivity index (χ1n) is 9.56. The molecule has 0 bridgehead atoms. The highest BCUT2D eigenvalue weighted by Gasteiger charge is 2.25. The first kappa shape index (κ1) is 21.2. The zero-order valence-electron chi connectivity index (χ0n) is 17.2. The molecule has 2 heterocycles. The number of nitro benzene ring substituents is 1. The minimum atomic E-state index is -0.430. The van der Waals surface area contributed by atoms with E-state index in [0.29, 0.717) is 38.4 Å². The van der Waals surface area contributed by atoms with Crippen molar-refractivity contribution in [2.75, 3.05) is 0 Å². The number of rotatable bonds is 4. The number of benzene rings is 2. The predicted octanol–water partition coefficient (Wildman–Crippen LogP) is 5.34. The molecule has 4 rings (SSSR count). The number of aryl methyl sites for hydroxylation is 2. The Morgan fingerprint density at radius 3 is 2.72 bits per heavy atom. The number of nitro groups is 1. The molecule has 1 amide bonds. The summed E-state index contributed by atoms with van der Waals surface area (Å²) >= 11 is 1.17. The van der Waals surface area contributed by atoms with Crippen molar-refractivity contribution in [2.45, 2.75) is 13.8 Å². The largest absolute Gasteiger partial charge is 0.456 e. The van der Waals surface area contributed by atoms with E-state index in [1.54, 1.807) is 48.5 Å². The third-order valence-electron chi connectivity index (χ3n) is 4.87. The van der Waals surface area contributed by atoms with Gasteiger partial charge < -0.3 is 9.73 Å². The summed E-state index contributed by atoms with van der Waals surface area (Å²) in [5.74, 6) is 3.00. The van der Waals surface area contributed by atoms with E-state index >= 15 is 0 Å². The fourth-order valence-electron chi connectivity index (χ4n) is 3.12. The Kier molecular flexibility index (Phi) is 5.67. The van der Waals surface area contributed by atoms with Crippen molar-refractivity contribution in [3.8, 4) is 23.7 Å². The van der Waals surface area contributed by atoms with Gasteiger partial charge in [-0.15, -0.1) is 6.42 Å². The molecule has 0 saturated carbocycles. The van der Waals surface area contributed by atoms with Crippen LogP contribution in [0.4, 0.5) is 11.4 Å². The molecule has 1 aliphatic rings. The maximum Gasteiger partial charge on any atom is 0.280 e. The van der Waals surface area contributed by atoms with Crippen molar-refractivity contribution in [1.82, 2.24) is 5.32 Å². The predicted molar refractivity (Wildman–Crippen MR) is 125 cm³/mol. The lowest BCUT2D eigenvalue weighted by molar-refractivity contribution is -0.384. The Balaban J connectivity index is 1.61. The zero-order valence-corrected chi connectivity index (χ0v) is 18.0. The molecule has 0 unspecified atom stereocenters. The van der Waals surface area contributed by atoms with Gasteiger partial charge in [0.25, 0.3) is 11.6 Å². The fraction of sp³-hybridized carbons (Fsp3) is 0.0833. The van der Waals surface area contributed by atoms with Gasteiger partial charge in [-0.05, 0) is 73.1 Å². The number of amides is 1. The molecule has 158 valence electrons. The van der Waals surface area contributed by atoms with Crippen LogP contribution < -0.4 is 5.32 Å². The number of terminal acetylenes is 1. The first-order chi connectivity index (χ1) is 15.3. The van der Waals surface area contributed by atoms with Crippen LogP contribution in [-0.2, 0) is 4.79 Å². The summed E-state index contributed by atoms with van der Waals surface area (Å²) in [5.41, 5.74) is 3.43. The maximum atomic E-state index is 12.4. The monoisotopic (exact) mass is 443 g/mol. The van der Waals surface area contributed by atoms with Crippen LogP contribution >= 0.6 is 11.8 Å². The van der Waals surface area contributed by atoms with Crippen LogP contribution in [0.15, 0.2) is 62.8 Å². The molecule has 1 N–H and O–H groups in total. The number of hydrogen-bond acceptors (Lipinski definition) is 6. The smallest absolute Gasteiger partial charge is 0.280 e. The molecule has 7 nitrogen and oxygen atoms in total. The maximum absolute atomic E-state index is 12.4. The van der Waals surface area contributed by atoms with Gasteiger partial charge in [0, 0.05) is 17.7 Å².